The lowest BCUT2D eigenvalue weighted by atomic mass is 10.0. The van der Waals surface area contributed by atoms with Crippen LogP contribution in [0.5, 0.6) is 40.2 Å². The van der Waals surface area contributed by atoms with Crippen molar-refractivity contribution in [2.75, 3.05) is 35.5 Å². The summed E-state index contributed by atoms with van der Waals surface area (Å²) in [6, 6.07) is 16.9. The van der Waals surface area contributed by atoms with E-state index in [-0.39, 0.29) is 0 Å². The number of rotatable bonds is 8. The highest BCUT2D eigenvalue weighted by Gasteiger charge is 2.19. The van der Waals surface area contributed by atoms with Crippen LogP contribution in [-0.2, 0) is 0 Å². The molecule has 29 heavy (non-hydrogen) atoms. The zero-order valence-corrected chi connectivity index (χ0v) is 17.1. The van der Waals surface area contributed by atoms with Gasteiger partial charge >= 0.3 is 0 Å². The molecule has 152 valence electrons. The maximum Gasteiger partial charge on any atom is 0.211 e. The molecule has 6 nitrogen and oxygen atoms in total. The summed E-state index contributed by atoms with van der Waals surface area (Å²) in [7, 11) is 7.91. The molecule has 0 atom stereocenters. The fourth-order valence-corrected chi connectivity index (χ4v) is 3.03. The summed E-state index contributed by atoms with van der Waals surface area (Å²) in [5.41, 5.74) is 1.82. The Balaban J connectivity index is 2.10. The van der Waals surface area contributed by atoms with Crippen molar-refractivity contribution in [3.8, 4) is 51.4 Å². The Morgan fingerprint density at radius 2 is 1.00 bits per heavy atom. The predicted molar refractivity (Wildman–Crippen MR) is 111 cm³/mol. The fraction of sp³-hybridized carbons (Fsp3) is 0.217. The van der Waals surface area contributed by atoms with Crippen molar-refractivity contribution in [1.29, 1.82) is 0 Å². The third-order valence-corrected chi connectivity index (χ3v) is 4.43. The van der Waals surface area contributed by atoms with Gasteiger partial charge in [0.15, 0.2) is 11.5 Å². The van der Waals surface area contributed by atoms with E-state index < -0.39 is 0 Å². The number of hydrogen-bond acceptors (Lipinski definition) is 6. The van der Waals surface area contributed by atoms with Gasteiger partial charge in [0.1, 0.15) is 23.0 Å². The largest absolute Gasteiger partial charge is 0.496 e. The molecule has 0 N–H and O–H groups in total. The van der Waals surface area contributed by atoms with Crippen LogP contribution in [0.25, 0.3) is 11.1 Å². The first-order valence-electron chi connectivity index (χ1n) is 8.94. The SMILES string of the molecule is COc1cc(OC)c(Oc2cc(OC)c(-c3ccccc3)c(OC)c2)c(OC)c1. The predicted octanol–water partition coefficient (Wildman–Crippen LogP) is 5.19. The molecule has 0 unspecified atom stereocenters. The average Bonchev–Trinajstić information content (AvgIpc) is 2.78. The van der Waals surface area contributed by atoms with Crippen molar-refractivity contribution in [3.05, 3.63) is 54.6 Å². The van der Waals surface area contributed by atoms with Gasteiger partial charge in [-0.3, -0.25) is 0 Å². The van der Waals surface area contributed by atoms with Crippen molar-refractivity contribution in [1.82, 2.24) is 0 Å². The van der Waals surface area contributed by atoms with Gasteiger partial charge in [0.25, 0.3) is 0 Å². The summed E-state index contributed by atoms with van der Waals surface area (Å²) in [6.45, 7) is 0. The summed E-state index contributed by atoms with van der Waals surface area (Å²) in [5.74, 6) is 3.74. The molecule has 3 aromatic rings. The number of methoxy groups -OCH3 is 5. The number of benzene rings is 3. The smallest absolute Gasteiger partial charge is 0.211 e. The van der Waals surface area contributed by atoms with Crippen LogP contribution >= 0.6 is 0 Å². The topological polar surface area (TPSA) is 55.4 Å². The zero-order valence-electron chi connectivity index (χ0n) is 17.1. The summed E-state index contributed by atoms with van der Waals surface area (Å²) in [5, 5.41) is 0. The molecule has 0 aromatic heterocycles. The second kappa shape index (κ2) is 9.10. The van der Waals surface area contributed by atoms with E-state index >= 15 is 0 Å². The molecule has 0 spiro atoms. The quantitative estimate of drug-likeness (QED) is 0.522. The molecule has 0 saturated carbocycles. The zero-order chi connectivity index (χ0) is 20.8. The van der Waals surface area contributed by atoms with Gasteiger partial charge in [-0.1, -0.05) is 30.3 Å². The van der Waals surface area contributed by atoms with E-state index in [0.29, 0.717) is 40.2 Å². The molecule has 0 fully saturated rings. The van der Waals surface area contributed by atoms with Gasteiger partial charge in [0.05, 0.1) is 41.1 Å². The highest BCUT2D eigenvalue weighted by Crippen LogP contribution is 2.47. The molecule has 0 aliphatic carbocycles. The Morgan fingerprint density at radius 1 is 0.517 bits per heavy atom. The Hall–Kier alpha value is -3.54. The molecular weight excluding hydrogens is 372 g/mol. The monoisotopic (exact) mass is 396 g/mol. The van der Waals surface area contributed by atoms with E-state index in [1.807, 2.05) is 30.3 Å². The first-order valence-corrected chi connectivity index (χ1v) is 8.94. The number of hydrogen-bond donors (Lipinski definition) is 0. The van der Waals surface area contributed by atoms with Gasteiger partial charge in [-0.2, -0.15) is 0 Å². The van der Waals surface area contributed by atoms with Crippen LogP contribution in [0.15, 0.2) is 54.6 Å². The minimum absolute atomic E-state index is 0.423. The maximum absolute atomic E-state index is 6.13. The Morgan fingerprint density at radius 3 is 1.45 bits per heavy atom. The van der Waals surface area contributed by atoms with E-state index in [1.54, 1.807) is 59.8 Å². The maximum atomic E-state index is 6.13. The lowest BCUT2D eigenvalue weighted by Gasteiger charge is -2.18. The highest BCUT2D eigenvalue weighted by molar-refractivity contribution is 5.78. The molecule has 3 aromatic carbocycles. The van der Waals surface area contributed by atoms with Crippen LogP contribution in [0.3, 0.4) is 0 Å². The van der Waals surface area contributed by atoms with Crippen LogP contribution in [0.2, 0.25) is 0 Å². The average molecular weight is 396 g/mol. The molecule has 0 aliphatic rings. The van der Waals surface area contributed by atoms with Gasteiger partial charge in [0.2, 0.25) is 5.75 Å². The van der Waals surface area contributed by atoms with Crippen molar-refractivity contribution >= 4 is 0 Å². The van der Waals surface area contributed by atoms with Crippen molar-refractivity contribution < 1.29 is 28.4 Å². The lowest BCUT2D eigenvalue weighted by Crippen LogP contribution is -1.98. The summed E-state index contributed by atoms with van der Waals surface area (Å²) >= 11 is 0. The van der Waals surface area contributed by atoms with Crippen LogP contribution in [0.4, 0.5) is 0 Å². The molecule has 0 amide bonds. The van der Waals surface area contributed by atoms with Gasteiger partial charge < -0.3 is 28.4 Å². The molecule has 0 bridgehead atoms. The van der Waals surface area contributed by atoms with E-state index in [2.05, 4.69) is 0 Å². The van der Waals surface area contributed by atoms with Crippen LogP contribution in [0.1, 0.15) is 0 Å². The summed E-state index contributed by atoms with van der Waals surface area (Å²) in [6.07, 6.45) is 0. The molecule has 0 radical (unpaired) electrons. The van der Waals surface area contributed by atoms with Crippen molar-refractivity contribution in [2.45, 2.75) is 0 Å². The molecule has 0 saturated heterocycles. The molecule has 3 rings (SSSR count). The highest BCUT2D eigenvalue weighted by atomic mass is 16.5. The first-order chi connectivity index (χ1) is 14.1. The number of ether oxygens (including phenoxy) is 6. The standard InChI is InChI=1S/C23H24O6/c1-24-16-11-20(27-4)23(21(12-16)28-5)29-17-13-18(25-2)22(19(14-17)26-3)15-9-7-6-8-10-15/h6-14H,1-5H3. The summed E-state index contributed by atoms with van der Waals surface area (Å²) < 4.78 is 33.6. The second-order valence-corrected chi connectivity index (χ2v) is 6.03. The first kappa shape index (κ1) is 20.2. The van der Waals surface area contributed by atoms with E-state index in [1.165, 1.54) is 0 Å². The van der Waals surface area contributed by atoms with Crippen molar-refractivity contribution in [3.63, 3.8) is 0 Å². The molecular formula is C23H24O6. The van der Waals surface area contributed by atoms with E-state index in [4.69, 9.17) is 28.4 Å². The molecule has 6 heteroatoms. The van der Waals surface area contributed by atoms with Gasteiger partial charge in [-0.15, -0.1) is 0 Å². The van der Waals surface area contributed by atoms with Crippen LogP contribution in [0, 0.1) is 0 Å². The Labute approximate surface area is 170 Å². The third-order valence-electron chi connectivity index (χ3n) is 4.43. The van der Waals surface area contributed by atoms with Gasteiger partial charge in [-0.05, 0) is 5.56 Å². The van der Waals surface area contributed by atoms with E-state index in [9.17, 15) is 0 Å². The minimum Gasteiger partial charge on any atom is -0.496 e. The van der Waals surface area contributed by atoms with Crippen LogP contribution < -0.4 is 28.4 Å². The van der Waals surface area contributed by atoms with Crippen molar-refractivity contribution in [2.24, 2.45) is 0 Å². The normalized spacial score (nSPS) is 10.2. The van der Waals surface area contributed by atoms with Crippen LogP contribution in [-0.4, -0.2) is 35.5 Å². The summed E-state index contributed by atoms with van der Waals surface area (Å²) in [4.78, 5) is 0. The van der Waals surface area contributed by atoms with Gasteiger partial charge in [0, 0.05) is 24.3 Å². The second-order valence-electron chi connectivity index (χ2n) is 6.03. The van der Waals surface area contributed by atoms with Gasteiger partial charge in [-0.25, -0.2) is 0 Å². The molecule has 0 aliphatic heterocycles. The minimum atomic E-state index is 0.423. The van der Waals surface area contributed by atoms with E-state index in [0.717, 1.165) is 11.1 Å². The Kier molecular flexibility index (Phi) is 6.34. The molecule has 0 heterocycles. The lowest BCUT2D eigenvalue weighted by molar-refractivity contribution is 0.335. The third kappa shape index (κ3) is 4.16. The fourth-order valence-electron chi connectivity index (χ4n) is 3.03. The Bertz CT molecular complexity index is 918.